The number of esters is 1. The summed E-state index contributed by atoms with van der Waals surface area (Å²) in [4.78, 5) is 69.5. The molecular weight excluding hydrogens is 823 g/mol. The molecule has 0 spiro atoms. The minimum Gasteiger partial charge on any atom is -0.464 e. The molecule has 16 nitrogen and oxygen atoms in total. The number of carbonyl (C=O) groups excluding carboxylic acids is 4. The molecule has 340 valence electrons. The third kappa shape index (κ3) is 9.48. The number of likely N-dealkylation sites (tertiary alicyclic amines) is 1. The molecule has 1 unspecified atom stereocenters. The number of methoxy groups -OCH3 is 2. The fourth-order valence-electron chi connectivity index (χ4n) is 9.29. The van der Waals surface area contributed by atoms with E-state index >= 15 is 0 Å². The second kappa shape index (κ2) is 19.0. The van der Waals surface area contributed by atoms with Gasteiger partial charge in [-0.05, 0) is 68.9 Å². The number of hydrogen-bond acceptors (Lipinski definition) is 12. The number of thiazole rings is 1. The van der Waals surface area contributed by atoms with Crippen molar-refractivity contribution < 1.29 is 33.4 Å². The maximum atomic E-state index is 14.6. The number of pyridine rings is 1. The van der Waals surface area contributed by atoms with Crippen LogP contribution in [0.25, 0.3) is 33.4 Å². The summed E-state index contributed by atoms with van der Waals surface area (Å²) in [5, 5.41) is 8.11. The Bertz CT molecular complexity index is 2330. The van der Waals surface area contributed by atoms with Gasteiger partial charge in [0.15, 0.2) is 0 Å². The lowest BCUT2D eigenvalue weighted by molar-refractivity contribution is -0.155. The number of aromatic nitrogens is 3. The molecule has 4 aromatic rings. The van der Waals surface area contributed by atoms with Crippen LogP contribution in [0, 0.1) is 11.3 Å². The molecule has 6 heterocycles. The molecule has 2 fully saturated rings. The summed E-state index contributed by atoms with van der Waals surface area (Å²) in [6, 6.07) is 6.96. The van der Waals surface area contributed by atoms with Crippen molar-refractivity contribution in [2.24, 2.45) is 17.1 Å². The lowest BCUT2D eigenvalue weighted by Gasteiger charge is -2.37. The monoisotopic (exact) mass is 885 g/mol. The Morgan fingerprint density at radius 3 is 2.63 bits per heavy atom. The van der Waals surface area contributed by atoms with Gasteiger partial charge < -0.3 is 39.6 Å². The van der Waals surface area contributed by atoms with Gasteiger partial charge in [-0.3, -0.25) is 24.4 Å². The molecule has 6 bridgehead atoms. The van der Waals surface area contributed by atoms with E-state index in [9.17, 15) is 19.2 Å². The van der Waals surface area contributed by atoms with Crippen molar-refractivity contribution in [3.63, 3.8) is 0 Å². The standard InChI is InChI=1S/C46H63N9O7S/c1-10-54-36-16-15-28-19-30(36)31(41(54)29-13-11-17-48-39(29)27(4)60-8)21-46(5,6)25-62-44(58)33-14-12-18-55(51-33)43(57)34(20-38-49-35(28)24-63-38)50-42(56)40(26(2)3)52(7)45(59)53-22-32(47)37(23-53)61-9/h11,13,15-17,19,24,26-27,32-34,37,40,51H,10,12,14,18,20-23,25,47H2,1-9H3,(H,50,56)/t27-,32-,33-,34-,37-,40?/m0/s1. The van der Waals surface area contributed by atoms with Gasteiger partial charge in [-0.25, -0.2) is 15.2 Å². The summed E-state index contributed by atoms with van der Waals surface area (Å²) >= 11 is 1.41. The molecule has 0 aliphatic carbocycles. The molecule has 63 heavy (non-hydrogen) atoms. The molecule has 17 heteroatoms. The maximum Gasteiger partial charge on any atom is 0.324 e. The van der Waals surface area contributed by atoms with E-state index in [2.05, 4.69) is 60.3 Å². The van der Waals surface area contributed by atoms with Crippen LogP contribution in [0.2, 0.25) is 0 Å². The number of hydrazine groups is 1. The Balaban J connectivity index is 1.28. The van der Waals surface area contributed by atoms with Gasteiger partial charge in [-0.15, -0.1) is 11.3 Å². The Hall–Kier alpha value is -4.94. The minimum atomic E-state index is -1.07. The molecule has 2 saturated heterocycles. The van der Waals surface area contributed by atoms with Crippen LogP contribution < -0.4 is 16.5 Å². The molecule has 1 aromatic carbocycles. The number of amides is 4. The molecule has 4 amide bonds. The Morgan fingerprint density at radius 1 is 1.16 bits per heavy atom. The van der Waals surface area contributed by atoms with E-state index in [1.165, 1.54) is 21.2 Å². The van der Waals surface area contributed by atoms with Gasteiger partial charge in [0.2, 0.25) is 5.91 Å². The van der Waals surface area contributed by atoms with Crippen LogP contribution in [-0.4, -0.2) is 131 Å². The van der Waals surface area contributed by atoms with E-state index in [4.69, 9.17) is 29.9 Å². The largest absolute Gasteiger partial charge is 0.464 e. The summed E-state index contributed by atoms with van der Waals surface area (Å²) in [7, 11) is 4.84. The summed E-state index contributed by atoms with van der Waals surface area (Å²) in [6.07, 6.45) is 2.91. The zero-order valence-electron chi connectivity index (χ0n) is 38.0. The van der Waals surface area contributed by atoms with Crippen LogP contribution in [0.5, 0.6) is 0 Å². The van der Waals surface area contributed by atoms with E-state index < -0.39 is 41.3 Å². The molecular formula is C46H63N9O7S. The second-order valence-corrected chi connectivity index (χ2v) is 19.1. The zero-order chi connectivity index (χ0) is 45.3. The number of benzene rings is 1. The smallest absolute Gasteiger partial charge is 0.324 e. The fourth-order valence-corrected chi connectivity index (χ4v) is 10.1. The van der Waals surface area contributed by atoms with Crippen LogP contribution in [0.1, 0.15) is 76.8 Å². The molecule has 3 aliphatic heterocycles. The number of nitrogens with two attached hydrogens (primary N) is 1. The molecule has 3 aromatic heterocycles. The highest BCUT2D eigenvalue weighted by Gasteiger charge is 2.41. The van der Waals surface area contributed by atoms with Crippen LogP contribution in [-0.2, 0) is 48.0 Å². The fraction of sp³-hybridized carbons (Fsp3) is 0.565. The molecule has 7 rings (SSSR count). The maximum absolute atomic E-state index is 14.6. The van der Waals surface area contributed by atoms with Gasteiger partial charge in [0.1, 0.15) is 18.1 Å². The number of likely N-dealkylation sites (N-methyl/N-ethyl adjacent to an activating group) is 1. The SMILES string of the molecule is CCn1c(-c2cccnc2[C@H](C)OC)c2c3cc(ccc31)-c1csc(n1)C[C@H](NC(=O)C(C(C)C)N(C)C(=O)N1C[C@H](OC)[C@@H](N)C1)C(=O)N1CCC[C@H](N1)C(=O)OCC(C)(C)C2. The third-order valence-electron chi connectivity index (χ3n) is 12.7. The number of urea groups is 1. The minimum absolute atomic E-state index is 0.0843. The number of carbonyl (C=O) groups is 4. The number of ether oxygens (including phenoxy) is 3. The third-order valence-corrected chi connectivity index (χ3v) is 13.5. The second-order valence-electron chi connectivity index (χ2n) is 18.2. The predicted octanol–water partition coefficient (Wildman–Crippen LogP) is 4.94. The lowest BCUT2D eigenvalue weighted by atomic mass is 9.84. The van der Waals surface area contributed by atoms with Gasteiger partial charge in [0.25, 0.3) is 5.91 Å². The number of nitrogens with zero attached hydrogens (tertiary/aromatic N) is 6. The highest BCUT2D eigenvalue weighted by atomic mass is 32.1. The summed E-state index contributed by atoms with van der Waals surface area (Å²) in [5.74, 6) is -1.65. The van der Waals surface area contributed by atoms with Crippen LogP contribution in [0.15, 0.2) is 41.9 Å². The Morgan fingerprint density at radius 2 is 1.94 bits per heavy atom. The number of hydrogen-bond donors (Lipinski definition) is 3. The van der Waals surface area contributed by atoms with E-state index in [1.807, 2.05) is 32.2 Å². The number of aryl methyl sites for hydroxylation is 1. The first kappa shape index (κ1) is 46.1. The van der Waals surface area contributed by atoms with Crippen LogP contribution >= 0.6 is 11.3 Å². The molecule has 0 saturated carbocycles. The van der Waals surface area contributed by atoms with Crippen LogP contribution in [0.3, 0.4) is 0 Å². The van der Waals surface area contributed by atoms with Gasteiger partial charge in [-0.2, -0.15) is 0 Å². The first-order valence-corrected chi connectivity index (χ1v) is 22.9. The number of fused-ring (bicyclic) bond motifs is 6. The molecule has 0 radical (unpaired) electrons. The molecule has 3 aliphatic rings. The van der Waals surface area contributed by atoms with Crippen molar-refractivity contribution in [1.29, 1.82) is 0 Å². The van der Waals surface area contributed by atoms with Crippen molar-refractivity contribution in [2.45, 2.75) is 110 Å². The van der Waals surface area contributed by atoms with Gasteiger partial charge in [0.05, 0.1) is 53.5 Å². The lowest BCUT2D eigenvalue weighted by Crippen LogP contribution is -2.62. The summed E-state index contributed by atoms with van der Waals surface area (Å²) in [5.41, 5.74) is 15.5. The topological polar surface area (TPSA) is 186 Å². The number of rotatable bonds is 9. The predicted molar refractivity (Wildman–Crippen MR) is 241 cm³/mol. The van der Waals surface area contributed by atoms with Crippen LogP contribution in [0.4, 0.5) is 4.79 Å². The number of nitrogens with one attached hydrogen (secondary N) is 2. The average molecular weight is 886 g/mol. The summed E-state index contributed by atoms with van der Waals surface area (Å²) in [6.45, 7) is 13.8. The average Bonchev–Trinajstić information content (AvgIpc) is 3.98. The quantitative estimate of drug-likeness (QED) is 0.194. The number of cyclic esters (lactones) is 1. The van der Waals surface area contributed by atoms with Crippen molar-refractivity contribution in [1.82, 2.24) is 40.1 Å². The van der Waals surface area contributed by atoms with Crippen molar-refractivity contribution >= 4 is 46.1 Å². The van der Waals surface area contributed by atoms with Crippen molar-refractivity contribution in [3.05, 3.63) is 58.2 Å². The highest BCUT2D eigenvalue weighted by molar-refractivity contribution is 7.10. The van der Waals surface area contributed by atoms with Gasteiger partial charge >= 0.3 is 12.0 Å². The van der Waals surface area contributed by atoms with Gasteiger partial charge in [-0.1, -0.05) is 33.8 Å². The highest BCUT2D eigenvalue weighted by Crippen LogP contribution is 2.42. The molecule has 6 atom stereocenters. The zero-order valence-corrected chi connectivity index (χ0v) is 38.8. The van der Waals surface area contributed by atoms with E-state index in [-0.39, 0.29) is 43.2 Å². The first-order valence-electron chi connectivity index (χ1n) is 22.0. The van der Waals surface area contributed by atoms with E-state index in [0.29, 0.717) is 50.4 Å². The Labute approximate surface area is 373 Å². The van der Waals surface area contributed by atoms with Crippen molar-refractivity contribution in [3.8, 4) is 22.5 Å². The van der Waals surface area contributed by atoms with E-state index in [0.717, 1.165) is 44.7 Å². The first-order chi connectivity index (χ1) is 30.0. The van der Waals surface area contributed by atoms with E-state index in [1.54, 1.807) is 32.4 Å². The Kier molecular flexibility index (Phi) is 13.9. The van der Waals surface area contributed by atoms with Gasteiger partial charge in [0, 0.05) is 86.3 Å². The normalized spacial score (nSPS) is 22.8. The molecule has 4 N–H and O–H groups in total. The van der Waals surface area contributed by atoms with Crippen molar-refractivity contribution in [2.75, 3.05) is 47.5 Å². The summed E-state index contributed by atoms with van der Waals surface area (Å²) < 4.78 is 19.7.